The summed E-state index contributed by atoms with van der Waals surface area (Å²) in [6.45, 7) is 6.53. The molecule has 0 aromatic carbocycles. The van der Waals surface area contributed by atoms with Crippen LogP contribution in [0.3, 0.4) is 0 Å². The lowest BCUT2D eigenvalue weighted by Crippen LogP contribution is -2.54. The van der Waals surface area contributed by atoms with Gasteiger partial charge in [0.05, 0.1) is 12.1 Å². The molecule has 5 heteroatoms. The van der Waals surface area contributed by atoms with Crippen molar-refractivity contribution in [3.63, 3.8) is 0 Å². The Balaban J connectivity index is 1.87. The maximum absolute atomic E-state index is 12.6. The van der Waals surface area contributed by atoms with E-state index in [1.54, 1.807) is 0 Å². The molecule has 3 N–H and O–H groups in total. The van der Waals surface area contributed by atoms with Crippen LogP contribution in [0, 0.1) is 17.2 Å². The Labute approximate surface area is 152 Å². The summed E-state index contributed by atoms with van der Waals surface area (Å²) in [5.41, 5.74) is 6.68. The maximum Gasteiger partial charge on any atom is 0.238 e. The van der Waals surface area contributed by atoms with Crippen LogP contribution in [0.5, 0.6) is 0 Å². The van der Waals surface area contributed by atoms with Crippen LogP contribution in [0.25, 0.3) is 0 Å². The van der Waals surface area contributed by atoms with E-state index in [1.165, 1.54) is 37.7 Å². The second-order valence-electron chi connectivity index (χ2n) is 7.95. The van der Waals surface area contributed by atoms with Crippen LogP contribution in [0.2, 0.25) is 0 Å². The third-order valence-electron chi connectivity index (χ3n) is 5.60. The lowest BCUT2D eigenvalue weighted by molar-refractivity contribution is -0.124. The minimum atomic E-state index is -0.784. The zero-order valence-electron chi connectivity index (χ0n) is 15.9. The fraction of sp³-hybridized carbons (Fsp3) is 0.800. The minimum absolute atomic E-state index is 0.158. The van der Waals surface area contributed by atoms with E-state index in [4.69, 9.17) is 5.73 Å². The largest absolute Gasteiger partial charge is 0.335 e. The molecule has 1 saturated heterocycles. The van der Waals surface area contributed by atoms with Gasteiger partial charge in [0.25, 0.3) is 0 Å². The molecule has 2 atom stereocenters. The van der Waals surface area contributed by atoms with Crippen molar-refractivity contribution < 1.29 is 4.79 Å². The van der Waals surface area contributed by atoms with Gasteiger partial charge in [-0.05, 0) is 32.1 Å². The van der Waals surface area contributed by atoms with Gasteiger partial charge in [-0.1, -0.05) is 50.7 Å². The molecular formula is C20H34N4O. The van der Waals surface area contributed by atoms with Crippen molar-refractivity contribution in [1.29, 1.82) is 5.26 Å². The molecule has 1 heterocycles. The van der Waals surface area contributed by atoms with E-state index in [0.29, 0.717) is 18.9 Å². The second-order valence-corrected chi connectivity index (χ2v) is 7.95. The highest BCUT2D eigenvalue weighted by Crippen LogP contribution is 2.27. The van der Waals surface area contributed by atoms with Gasteiger partial charge in [-0.2, -0.15) is 5.26 Å². The van der Waals surface area contributed by atoms with Crippen molar-refractivity contribution in [2.45, 2.75) is 76.8 Å². The summed E-state index contributed by atoms with van der Waals surface area (Å²) >= 11 is 0. The summed E-state index contributed by atoms with van der Waals surface area (Å²) in [6.07, 6.45) is 10.8. The number of carbonyl (C=O) groups is 1. The van der Waals surface area contributed by atoms with E-state index in [0.717, 1.165) is 25.9 Å². The number of likely N-dealkylation sites (tertiary alicyclic amines) is 1. The van der Waals surface area contributed by atoms with E-state index < -0.39 is 11.6 Å². The average Bonchev–Trinajstić information content (AvgIpc) is 2.99. The number of amides is 1. The molecule has 5 nitrogen and oxygen atoms in total. The number of allylic oxidation sites excluding steroid dienone is 1. The molecule has 2 fully saturated rings. The smallest absolute Gasteiger partial charge is 0.238 e. The second kappa shape index (κ2) is 9.35. The Morgan fingerprint density at radius 1 is 1.44 bits per heavy atom. The molecule has 2 aliphatic rings. The first-order chi connectivity index (χ1) is 12.0. The van der Waals surface area contributed by atoms with Crippen molar-refractivity contribution in [3.05, 3.63) is 11.6 Å². The minimum Gasteiger partial charge on any atom is -0.335 e. The van der Waals surface area contributed by atoms with Gasteiger partial charge in [0.1, 0.15) is 5.54 Å². The summed E-state index contributed by atoms with van der Waals surface area (Å²) in [5, 5.41) is 12.7. The average molecular weight is 347 g/mol. The molecule has 0 aromatic rings. The van der Waals surface area contributed by atoms with Crippen molar-refractivity contribution >= 4 is 5.91 Å². The monoisotopic (exact) mass is 346 g/mol. The molecule has 0 bridgehead atoms. The number of nitrogens with one attached hydrogen (secondary N) is 1. The highest BCUT2D eigenvalue weighted by Gasteiger charge is 2.40. The van der Waals surface area contributed by atoms with Gasteiger partial charge in [0.2, 0.25) is 5.91 Å². The normalized spacial score (nSPS) is 27.0. The molecule has 1 saturated carbocycles. The number of nitrogens with two attached hydrogens (primary N) is 1. The SMILES string of the molecule is CCC=C(C)CN1CCC(C#N)(NC(=O)C(N)CC2CCCCC2)C1. The van der Waals surface area contributed by atoms with Crippen LogP contribution in [-0.4, -0.2) is 42.0 Å². The lowest BCUT2D eigenvalue weighted by Gasteiger charge is -2.28. The summed E-state index contributed by atoms with van der Waals surface area (Å²) in [4.78, 5) is 14.8. The van der Waals surface area contributed by atoms with Crippen LogP contribution in [-0.2, 0) is 4.79 Å². The molecule has 0 radical (unpaired) electrons. The summed E-state index contributed by atoms with van der Waals surface area (Å²) < 4.78 is 0. The summed E-state index contributed by atoms with van der Waals surface area (Å²) in [7, 11) is 0. The Morgan fingerprint density at radius 3 is 2.80 bits per heavy atom. The van der Waals surface area contributed by atoms with Crippen molar-refractivity contribution in [2.24, 2.45) is 11.7 Å². The predicted octanol–water partition coefficient (Wildman–Crippen LogP) is 2.72. The molecule has 1 aliphatic carbocycles. The van der Waals surface area contributed by atoms with E-state index in [-0.39, 0.29) is 5.91 Å². The summed E-state index contributed by atoms with van der Waals surface area (Å²) in [6, 6.07) is 1.86. The molecule has 0 spiro atoms. The van der Waals surface area contributed by atoms with Gasteiger partial charge in [-0.3, -0.25) is 9.69 Å². The Bertz CT molecular complexity index is 518. The van der Waals surface area contributed by atoms with Crippen molar-refractivity contribution in [3.8, 4) is 6.07 Å². The Hall–Kier alpha value is -1.38. The quantitative estimate of drug-likeness (QED) is 0.694. The number of hydrogen-bond acceptors (Lipinski definition) is 4. The van der Waals surface area contributed by atoms with Crippen LogP contribution in [0.15, 0.2) is 11.6 Å². The molecule has 2 unspecified atom stereocenters. The molecular weight excluding hydrogens is 312 g/mol. The number of nitrogens with zero attached hydrogens (tertiary/aromatic N) is 2. The number of nitriles is 1. The fourth-order valence-corrected chi connectivity index (χ4v) is 4.23. The van der Waals surface area contributed by atoms with Gasteiger partial charge in [-0.25, -0.2) is 0 Å². The zero-order valence-corrected chi connectivity index (χ0v) is 15.9. The van der Waals surface area contributed by atoms with E-state index in [9.17, 15) is 10.1 Å². The number of hydrogen-bond donors (Lipinski definition) is 2. The molecule has 25 heavy (non-hydrogen) atoms. The van der Waals surface area contributed by atoms with E-state index >= 15 is 0 Å². The van der Waals surface area contributed by atoms with Gasteiger partial charge in [0.15, 0.2) is 0 Å². The van der Waals surface area contributed by atoms with Crippen LogP contribution in [0.4, 0.5) is 0 Å². The number of rotatable bonds is 7. The standard InChI is InChI=1S/C20H34N4O/c1-3-7-16(2)13-24-11-10-20(14-21,15-24)23-19(25)18(22)12-17-8-5-4-6-9-17/h7,17-18H,3-6,8-13,15,22H2,1-2H3,(H,23,25). The Kier molecular flexibility index (Phi) is 7.46. The van der Waals surface area contributed by atoms with Gasteiger partial charge >= 0.3 is 0 Å². The van der Waals surface area contributed by atoms with Gasteiger partial charge < -0.3 is 11.1 Å². The highest BCUT2D eigenvalue weighted by atomic mass is 16.2. The lowest BCUT2D eigenvalue weighted by atomic mass is 9.84. The van der Waals surface area contributed by atoms with E-state index in [1.807, 2.05) is 0 Å². The molecule has 1 amide bonds. The van der Waals surface area contributed by atoms with Gasteiger partial charge in [-0.15, -0.1) is 0 Å². The van der Waals surface area contributed by atoms with Gasteiger partial charge in [0, 0.05) is 19.6 Å². The zero-order chi connectivity index (χ0) is 18.3. The van der Waals surface area contributed by atoms with Crippen molar-refractivity contribution in [1.82, 2.24) is 10.2 Å². The molecule has 0 aromatic heterocycles. The highest BCUT2D eigenvalue weighted by molar-refractivity contribution is 5.82. The first-order valence-electron chi connectivity index (χ1n) is 9.85. The third kappa shape index (κ3) is 5.83. The summed E-state index contributed by atoms with van der Waals surface area (Å²) in [5.74, 6) is 0.407. The van der Waals surface area contributed by atoms with E-state index in [2.05, 4.69) is 36.2 Å². The Morgan fingerprint density at radius 2 is 2.16 bits per heavy atom. The molecule has 1 aliphatic heterocycles. The first-order valence-corrected chi connectivity index (χ1v) is 9.85. The topological polar surface area (TPSA) is 82.2 Å². The first kappa shape index (κ1) is 19.9. The number of carbonyl (C=O) groups excluding carboxylic acids is 1. The molecule has 140 valence electrons. The molecule has 2 rings (SSSR count). The van der Waals surface area contributed by atoms with Crippen molar-refractivity contribution in [2.75, 3.05) is 19.6 Å². The fourth-order valence-electron chi connectivity index (χ4n) is 4.23. The van der Waals surface area contributed by atoms with Crippen LogP contribution >= 0.6 is 0 Å². The predicted molar refractivity (Wildman–Crippen MR) is 101 cm³/mol. The van der Waals surface area contributed by atoms with Crippen LogP contribution in [0.1, 0.15) is 65.2 Å². The third-order valence-corrected chi connectivity index (χ3v) is 5.60. The maximum atomic E-state index is 12.6. The van der Waals surface area contributed by atoms with Crippen LogP contribution < -0.4 is 11.1 Å².